The quantitative estimate of drug-likeness (QED) is 0.931. The van der Waals surface area contributed by atoms with E-state index in [4.69, 9.17) is 9.52 Å². The predicted molar refractivity (Wildman–Crippen MR) is 67.4 cm³/mol. The zero-order valence-electron chi connectivity index (χ0n) is 11.0. The molecule has 0 bridgehead atoms. The summed E-state index contributed by atoms with van der Waals surface area (Å²) in [5.74, 6) is -3.60. The van der Waals surface area contributed by atoms with Gasteiger partial charge in [0.1, 0.15) is 17.2 Å². The lowest BCUT2D eigenvalue weighted by atomic mass is 10.1. The van der Waals surface area contributed by atoms with E-state index in [0.717, 1.165) is 12.1 Å². The number of oxazole rings is 1. The van der Waals surface area contributed by atoms with Crippen LogP contribution in [0.5, 0.6) is 0 Å². The Morgan fingerprint density at radius 2 is 1.95 bits per heavy atom. The van der Waals surface area contributed by atoms with Gasteiger partial charge in [-0.05, 0) is 24.5 Å². The molecule has 0 saturated carbocycles. The minimum Gasteiger partial charge on any atom is -0.475 e. The Balaban J connectivity index is 2.56. The van der Waals surface area contributed by atoms with Gasteiger partial charge in [0.05, 0.1) is 5.69 Å². The van der Waals surface area contributed by atoms with E-state index in [-0.39, 0.29) is 23.3 Å². The summed E-state index contributed by atoms with van der Waals surface area (Å²) >= 11 is 0. The van der Waals surface area contributed by atoms with Crippen LogP contribution in [-0.4, -0.2) is 16.1 Å². The van der Waals surface area contributed by atoms with Gasteiger partial charge in [0.2, 0.25) is 11.7 Å². The Morgan fingerprint density at radius 1 is 1.35 bits per heavy atom. The number of aromatic carboxylic acids is 1. The average Bonchev–Trinajstić information content (AvgIpc) is 2.71. The van der Waals surface area contributed by atoms with Gasteiger partial charge in [-0.15, -0.1) is 0 Å². The maximum atomic E-state index is 13.7. The molecule has 1 aromatic carbocycles. The van der Waals surface area contributed by atoms with Crippen molar-refractivity contribution in [3.8, 4) is 11.5 Å². The fourth-order valence-electron chi connectivity index (χ4n) is 1.85. The molecule has 0 unspecified atom stereocenters. The molecule has 0 saturated heterocycles. The number of hydrogen-bond acceptors (Lipinski definition) is 3. The van der Waals surface area contributed by atoms with Gasteiger partial charge in [-0.2, -0.15) is 0 Å². The number of aromatic nitrogens is 1. The molecule has 0 amide bonds. The van der Waals surface area contributed by atoms with Crippen molar-refractivity contribution >= 4 is 5.97 Å². The highest BCUT2D eigenvalue weighted by atomic mass is 19.1. The van der Waals surface area contributed by atoms with E-state index in [1.54, 1.807) is 0 Å². The van der Waals surface area contributed by atoms with Gasteiger partial charge < -0.3 is 9.52 Å². The molecular formula is C14H13F2NO3. The van der Waals surface area contributed by atoms with Gasteiger partial charge in [0.25, 0.3) is 0 Å². The third-order valence-corrected chi connectivity index (χ3v) is 2.67. The van der Waals surface area contributed by atoms with Crippen molar-refractivity contribution in [2.75, 3.05) is 0 Å². The highest BCUT2D eigenvalue weighted by Gasteiger charge is 2.24. The van der Waals surface area contributed by atoms with Crippen LogP contribution in [-0.2, 0) is 6.42 Å². The molecule has 1 heterocycles. The van der Waals surface area contributed by atoms with Crippen molar-refractivity contribution < 1.29 is 23.1 Å². The second kappa shape index (κ2) is 5.40. The summed E-state index contributed by atoms with van der Waals surface area (Å²) in [4.78, 5) is 15.0. The van der Waals surface area contributed by atoms with Crippen LogP contribution >= 0.6 is 0 Å². The Kier molecular flexibility index (Phi) is 3.83. The fourth-order valence-corrected chi connectivity index (χ4v) is 1.85. The molecule has 106 valence electrons. The number of benzene rings is 1. The van der Waals surface area contributed by atoms with Crippen LogP contribution in [0.2, 0.25) is 0 Å². The minimum atomic E-state index is -1.31. The lowest BCUT2D eigenvalue weighted by Crippen LogP contribution is -2.03. The van der Waals surface area contributed by atoms with Crippen LogP contribution in [0.1, 0.15) is 30.1 Å². The molecule has 0 atom stereocenters. The zero-order valence-corrected chi connectivity index (χ0v) is 11.0. The average molecular weight is 281 g/mol. The maximum Gasteiger partial charge on any atom is 0.373 e. The second-order valence-corrected chi connectivity index (χ2v) is 4.79. The number of carbonyl (C=O) groups is 1. The van der Waals surface area contributed by atoms with Crippen LogP contribution in [0, 0.1) is 17.6 Å². The number of hydrogen-bond donors (Lipinski definition) is 1. The lowest BCUT2D eigenvalue weighted by Gasteiger charge is -2.00. The highest BCUT2D eigenvalue weighted by molar-refractivity contribution is 5.86. The van der Waals surface area contributed by atoms with E-state index >= 15 is 0 Å². The Morgan fingerprint density at radius 3 is 2.45 bits per heavy atom. The van der Waals surface area contributed by atoms with Gasteiger partial charge in [-0.25, -0.2) is 18.6 Å². The molecule has 1 N–H and O–H groups in total. The predicted octanol–water partition coefficient (Wildman–Crippen LogP) is 3.52. The molecule has 6 heteroatoms. The van der Waals surface area contributed by atoms with Crippen molar-refractivity contribution in [1.29, 1.82) is 0 Å². The molecular weight excluding hydrogens is 268 g/mol. The van der Waals surface area contributed by atoms with Crippen LogP contribution in [0.4, 0.5) is 8.78 Å². The molecule has 0 radical (unpaired) electrons. The standard InChI is InChI=1S/C14H13F2NO3/c1-7(2)6-10-12(14(18)19)20-13(17-10)11-8(15)4-3-5-9(11)16/h3-5,7H,6H2,1-2H3,(H,18,19). The molecule has 0 spiro atoms. The van der Waals surface area contributed by atoms with Crippen molar-refractivity contribution in [2.45, 2.75) is 20.3 Å². The summed E-state index contributed by atoms with van der Waals surface area (Å²) in [6, 6.07) is 3.33. The lowest BCUT2D eigenvalue weighted by molar-refractivity contribution is 0.0661. The first kappa shape index (κ1) is 14.2. The first-order chi connectivity index (χ1) is 9.40. The second-order valence-electron chi connectivity index (χ2n) is 4.79. The molecule has 1 aromatic heterocycles. The molecule has 0 aliphatic carbocycles. The summed E-state index contributed by atoms with van der Waals surface area (Å²) in [6.07, 6.45) is 0.348. The fraction of sp³-hybridized carbons (Fsp3) is 0.286. The summed E-state index contributed by atoms with van der Waals surface area (Å²) in [7, 11) is 0. The normalized spacial score (nSPS) is 11.1. The van der Waals surface area contributed by atoms with Crippen molar-refractivity contribution in [3.63, 3.8) is 0 Å². The highest BCUT2D eigenvalue weighted by Crippen LogP contribution is 2.28. The van der Waals surface area contributed by atoms with Gasteiger partial charge in [-0.3, -0.25) is 0 Å². The Labute approximate surface area is 114 Å². The number of carboxylic acid groups (broad SMARTS) is 1. The first-order valence-electron chi connectivity index (χ1n) is 6.07. The topological polar surface area (TPSA) is 63.3 Å². The van der Waals surface area contributed by atoms with Crippen molar-refractivity contribution in [2.24, 2.45) is 5.92 Å². The third kappa shape index (κ3) is 2.68. The molecule has 0 fully saturated rings. The van der Waals surface area contributed by atoms with Crippen LogP contribution in [0.3, 0.4) is 0 Å². The summed E-state index contributed by atoms with van der Waals surface area (Å²) < 4.78 is 32.3. The summed E-state index contributed by atoms with van der Waals surface area (Å²) in [6.45, 7) is 3.76. The van der Waals surface area contributed by atoms with E-state index < -0.39 is 23.2 Å². The summed E-state index contributed by atoms with van der Waals surface area (Å²) in [5.41, 5.74) is -0.268. The number of nitrogens with zero attached hydrogens (tertiary/aromatic N) is 1. The van der Waals surface area contributed by atoms with Crippen LogP contribution in [0.15, 0.2) is 22.6 Å². The number of halogens is 2. The Bertz CT molecular complexity index is 630. The van der Waals surface area contributed by atoms with E-state index in [1.807, 2.05) is 13.8 Å². The number of rotatable bonds is 4. The molecule has 20 heavy (non-hydrogen) atoms. The van der Waals surface area contributed by atoms with E-state index in [1.165, 1.54) is 6.07 Å². The van der Waals surface area contributed by atoms with E-state index in [2.05, 4.69) is 4.98 Å². The Hall–Kier alpha value is -2.24. The third-order valence-electron chi connectivity index (χ3n) is 2.67. The first-order valence-corrected chi connectivity index (χ1v) is 6.07. The summed E-state index contributed by atoms with van der Waals surface area (Å²) in [5, 5.41) is 9.06. The molecule has 0 aliphatic heterocycles. The smallest absolute Gasteiger partial charge is 0.373 e. The molecule has 0 aliphatic rings. The molecule has 2 aromatic rings. The maximum absolute atomic E-state index is 13.7. The SMILES string of the molecule is CC(C)Cc1nc(-c2c(F)cccc2F)oc1C(=O)O. The monoisotopic (exact) mass is 281 g/mol. The van der Waals surface area contributed by atoms with Crippen molar-refractivity contribution in [3.05, 3.63) is 41.3 Å². The van der Waals surface area contributed by atoms with E-state index in [0.29, 0.717) is 6.42 Å². The number of carboxylic acids is 1. The van der Waals surface area contributed by atoms with Gasteiger partial charge in [0, 0.05) is 0 Å². The zero-order chi connectivity index (χ0) is 14.9. The molecule has 2 rings (SSSR count). The van der Waals surface area contributed by atoms with Gasteiger partial charge >= 0.3 is 5.97 Å². The van der Waals surface area contributed by atoms with Crippen LogP contribution in [0.25, 0.3) is 11.5 Å². The minimum absolute atomic E-state index is 0.136. The largest absolute Gasteiger partial charge is 0.475 e. The van der Waals surface area contributed by atoms with E-state index in [9.17, 15) is 13.6 Å². The van der Waals surface area contributed by atoms with Crippen LogP contribution < -0.4 is 0 Å². The van der Waals surface area contributed by atoms with Gasteiger partial charge in [0.15, 0.2) is 0 Å². The molecule has 4 nitrogen and oxygen atoms in total. The van der Waals surface area contributed by atoms with Crippen molar-refractivity contribution in [1.82, 2.24) is 4.98 Å². The van der Waals surface area contributed by atoms with Gasteiger partial charge in [-0.1, -0.05) is 19.9 Å².